The first-order valence-corrected chi connectivity index (χ1v) is 26.9. The number of fused-ring (bicyclic) bond motifs is 5. The average Bonchev–Trinajstić information content (AvgIpc) is 2.05. The van der Waals surface area contributed by atoms with Crippen molar-refractivity contribution in [2.75, 3.05) is 46.0 Å². The maximum atomic E-state index is 15.6. The molecule has 0 saturated heterocycles. The summed E-state index contributed by atoms with van der Waals surface area (Å²) in [4.78, 5) is 137. The molecule has 5 aromatic rings. The molecule has 434 valence electrons. The minimum Gasteiger partial charge on any atom is -0.480 e. The third-order valence-electron chi connectivity index (χ3n) is 15.2. The van der Waals surface area contributed by atoms with Gasteiger partial charge in [-0.2, -0.15) is 0 Å². The number of cyclic esters (lactones) is 1. The number of halogens is 1. The highest BCUT2D eigenvalue weighted by molar-refractivity contribution is 5.97. The second-order valence-corrected chi connectivity index (χ2v) is 20.5. The molecule has 24 nitrogen and oxygen atoms in total. The molecule has 0 bridgehead atoms. The zero-order valence-corrected chi connectivity index (χ0v) is 45.3. The summed E-state index contributed by atoms with van der Waals surface area (Å²) in [6.45, 7) is 0.0681. The maximum Gasteiger partial charge on any atom is 0.343 e. The Hall–Kier alpha value is -9.20. The van der Waals surface area contributed by atoms with Crippen LogP contribution in [0.2, 0.25) is 0 Å². The molecule has 25 heteroatoms. The number of nitrogens with one attached hydrogen (secondary N) is 7. The van der Waals surface area contributed by atoms with Crippen molar-refractivity contribution in [3.63, 3.8) is 0 Å². The molecule has 7 amide bonds. The molecule has 1 aliphatic carbocycles. The predicted molar refractivity (Wildman–Crippen MR) is 293 cm³/mol. The van der Waals surface area contributed by atoms with Crippen LogP contribution >= 0.6 is 0 Å². The highest BCUT2D eigenvalue weighted by atomic mass is 19.1. The molecule has 5 heterocycles. The predicted octanol–water partition coefficient (Wildman–Crippen LogP) is -0.150. The number of rotatable bonds is 24. The number of carbonyl (C=O) groups excluding carboxylic acids is 8. The summed E-state index contributed by atoms with van der Waals surface area (Å²) in [5.74, 6) is -7.37. The number of amides is 7. The molecule has 83 heavy (non-hydrogen) atoms. The monoisotopic (exact) mass is 1140 g/mol. The van der Waals surface area contributed by atoms with Gasteiger partial charge in [0, 0.05) is 54.6 Å². The standard InChI is InChI=1S/C58H61FN10O14/c1-3-58(81)37-21-42-52-35(28-69(42)56(79)36(37)29-82-57(58)80)51-39(17-16-34-31(2)38(59)22-40(66-52)50(34)51)67-55(78)44(20-33-13-8-5-9-14-33)83-30-64-46(71)25-62-53(76)41(19-32-11-6-4-7-12-32)65-47(72)26-61-45(70)24-63-54(77)43(23-60-27-49(74)75)68-18-10-15-48(68)73/h4-15,21-22,39,41,43-44,60,81H,3,16-20,23-30H2,1-2H3,(H,61,70)(H,62,76)(H,63,77)(H,64,71)(H,65,72)(H,67,78)(H,74,75)/t39-,41-,43-,44-,58-/m0/s1. The maximum absolute atomic E-state index is 15.6. The van der Waals surface area contributed by atoms with Crippen LogP contribution in [0.3, 0.4) is 0 Å². The highest BCUT2D eigenvalue weighted by Crippen LogP contribution is 2.46. The molecule has 2 aromatic heterocycles. The van der Waals surface area contributed by atoms with E-state index in [0.29, 0.717) is 57.4 Å². The van der Waals surface area contributed by atoms with Crippen molar-refractivity contribution in [3.8, 4) is 11.4 Å². The largest absolute Gasteiger partial charge is 0.480 e. The second-order valence-electron chi connectivity index (χ2n) is 20.5. The number of carboxylic acid groups (broad SMARTS) is 1. The summed E-state index contributed by atoms with van der Waals surface area (Å²) in [6, 6.07) is 17.5. The van der Waals surface area contributed by atoms with Crippen molar-refractivity contribution in [1.82, 2.24) is 51.7 Å². The van der Waals surface area contributed by atoms with Crippen LogP contribution in [-0.2, 0) is 90.6 Å². The molecule has 9 N–H and O–H groups in total. The van der Waals surface area contributed by atoms with Crippen LogP contribution in [0.5, 0.6) is 0 Å². The van der Waals surface area contributed by atoms with Crippen molar-refractivity contribution in [2.24, 2.45) is 0 Å². The number of carbonyl (C=O) groups is 9. The number of aryl methyl sites for hydroxylation is 1. The minimum absolute atomic E-state index is 0.0179. The number of esters is 1. The van der Waals surface area contributed by atoms with E-state index in [1.165, 1.54) is 27.7 Å². The van der Waals surface area contributed by atoms with E-state index < -0.39 is 127 Å². The van der Waals surface area contributed by atoms with E-state index in [1.807, 2.05) is 6.07 Å². The molecule has 0 unspecified atom stereocenters. The van der Waals surface area contributed by atoms with E-state index in [4.69, 9.17) is 19.6 Å². The van der Waals surface area contributed by atoms with Gasteiger partial charge in [-0.05, 0) is 60.1 Å². The number of ether oxygens (including phenoxy) is 2. The third-order valence-corrected chi connectivity index (χ3v) is 15.2. The number of nitrogens with zero attached hydrogens (tertiary/aromatic N) is 3. The van der Waals surface area contributed by atoms with Crippen LogP contribution in [0.4, 0.5) is 4.39 Å². The molecule has 0 saturated carbocycles. The summed E-state index contributed by atoms with van der Waals surface area (Å²) in [6.07, 6.45) is 2.26. The summed E-state index contributed by atoms with van der Waals surface area (Å²) >= 11 is 0. The fourth-order valence-corrected chi connectivity index (χ4v) is 10.8. The molecule has 0 spiro atoms. The van der Waals surface area contributed by atoms with Gasteiger partial charge in [0.25, 0.3) is 5.56 Å². The number of aliphatic carboxylic acids is 1. The van der Waals surface area contributed by atoms with Gasteiger partial charge in [0.15, 0.2) is 5.60 Å². The molecule has 5 atom stereocenters. The highest BCUT2D eigenvalue weighted by Gasteiger charge is 2.46. The smallest absolute Gasteiger partial charge is 0.343 e. The third kappa shape index (κ3) is 12.8. The topological polar surface area (TPSA) is 335 Å². The Kier molecular flexibility index (Phi) is 17.8. The van der Waals surface area contributed by atoms with Gasteiger partial charge in [0.05, 0.1) is 61.2 Å². The quantitative estimate of drug-likeness (QED) is 0.0281. The Morgan fingerprint density at radius 3 is 2.18 bits per heavy atom. The molecule has 3 aliphatic heterocycles. The summed E-state index contributed by atoms with van der Waals surface area (Å²) < 4.78 is 28.5. The molecule has 3 aromatic carbocycles. The SMILES string of the molecule is CC[C@@]1(O)C(=O)OCc2c1cc1n(c2=O)Cc2c-1nc1cc(F)c(C)c3c1c2[C@@H](NC(=O)[C@H](Cc1ccccc1)OCNC(=O)CNC(=O)[C@H](Cc1ccccc1)NC(=O)CNC(=O)CNC(=O)[C@H](CNCC(=O)O)N1CC=CC1=O)CC3. The van der Waals surface area contributed by atoms with Crippen molar-refractivity contribution >= 4 is 64.2 Å². The summed E-state index contributed by atoms with van der Waals surface area (Å²) in [7, 11) is 0. The van der Waals surface area contributed by atoms with Gasteiger partial charge in [-0.25, -0.2) is 14.2 Å². The molecular weight excluding hydrogens is 1080 g/mol. The summed E-state index contributed by atoms with van der Waals surface area (Å²) in [5, 5.41) is 39.2. The van der Waals surface area contributed by atoms with E-state index >= 15 is 4.39 Å². The van der Waals surface area contributed by atoms with E-state index in [1.54, 1.807) is 74.5 Å². The molecule has 4 aliphatic rings. The van der Waals surface area contributed by atoms with E-state index in [-0.39, 0.29) is 62.1 Å². The van der Waals surface area contributed by atoms with Gasteiger partial charge in [-0.3, -0.25) is 43.2 Å². The lowest BCUT2D eigenvalue weighted by molar-refractivity contribution is -0.172. The number of hydrogen-bond donors (Lipinski definition) is 9. The Labute approximate surface area is 473 Å². The van der Waals surface area contributed by atoms with Gasteiger partial charge in [-0.1, -0.05) is 73.7 Å². The lowest BCUT2D eigenvalue weighted by Crippen LogP contribution is -2.55. The van der Waals surface area contributed by atoms with Crippen LogP contribution in [0.1, 0.15) is 70.3 Å². The van der Waals surface area contributed by atoms with Crippen molar-refractivity contribution in [3.05, 3.63) is 146 Å². The Morgan fingerprint density at radius 2 is 1.51 bits per heavy atom. The van der Waals surface area contributed by atoms with Crippen LogP contribution in [-0.4, -0.2) is 142 Å². The number of aliphatic hydroxyl groups is 1. The average molecular weight is 1140 g/mol. The number of aromatic nitrogens is 2. The lowest BCUT2D eigenvalue weighted by atomic mass is 9.81. The Balaban J connectivity index is 0.838. The number of benzene rings is 3. The lowest BCUT2D eigenvalue weighted by Gasteiger charge is -2.31. The van der Waals surface area contributed by atoms with Gasteiger partial charge in [-0.15, -0.1) is 0 Å². The molecule has 0 radical (unpaired) electrons. The van der Waals surface area contributed by atoms with Gasteiger partial charge >= 0.3 is 11.9 Å². The number of pyridine rings is 2. The van der Waals surface area contributed by atoms with Gasteiger partial charge < -0.3 is 66.4 Å². The van der Waals surface area contributed by atoms with Crippen molar-refractivity contribution in [1.29, 1.82) is 0 Å². The van der Waals surface area contributed by atoms with Crippen LogP contribution in [0.15, 0.2) is 89.7 Å². The Morgan fingerprint density at radius 1 is 0.831 bits per heavy atom. The zero-order valence-electron chi connectivity index (χ0n) is 45.3. The number of carboxylic acids is 1. The second kappa shape index (κ2) is 25.3. The van der Waals surface area contributed by atoms with Crippen molar-refractivity contribution in [2.45, 2.75) is 88.9 Å². The van der Waals surface area contributed by atoms with E-state index in [9.17, 15) is 53.1 Å². The van der Waals surface area contributed by atoms with Crippen molar-refractivity contribution < 1.29 is 67.2 Å². The van der Waals surface area contributed by atoms with Crippen LogP contribution in [0.25, 0.3) is 22.3 Å². The molecule has 0 fully saturated rings. The van der Waals surface area contributed by atoms with Crippen LogP contribution < -0.4 is 42.8 Å². The van der Waals surface area contributed by atoms with E-state index in [2.05, 4.69) is 37.2 Å². The first-order chi connectivity index (χ1) is 39.8. The normalized spacial score (nSPS) is 17.5. The molecular formula is C58H61FN10O14. The van der Waals surface area contributed by atoms with Gasteiger partial charge in [0.2, 0.25) is 41.4 Å². The number of hydrogen-bond acceptors (Lipinski definition) is 15. The van der Waals surface area contributed by atoms with Crippen LogP contribution in [0, 0.1) is 12.7 Å². The summed E-state index contributed by atoms with van der Waals surface area (Å²) in [5.41, 5.74) is 2.33. The van der Waals surface area contributed by atoms with E-state index in [0.717, 1.165) is 5.56 Å². The Bertz CT molecular complexity index is 3520. The zero-order chi connectivity index (χ0) is 59.1. The minimum atomic E-state index is -2.08. The fraction of sp³-hybridized carbons (Fsp3) is 0.362. The first kappa shape index (κ1) is 58.5. The first-order valence-electron chi connectivity index (χ1n) is 26.9. The fourth-order valence-electron chi connectivity index (χ4n) is 10.8. The van der Waals surface area contributed by atoms with Gasteiger partial charge in [0.1, 0.15) is 37.3 Å². The molecule has 9 rings (SSSR count).